The van der Waals surface area contributed by atoms with Crippen LogP contribution < -0.4 is 5.73 Å². The summed E-state index contributed by atoms with van der Waals surface area (Å²) >= 11 is 5.65. The predicted molar refractivity (Wildman–Crippen MR) is 48.8 cm³/mol. The molecule has 0 fully saturated rings. The Morgan fingerprint density at radius 3 is 2.67 bits per heavy atom. The van der Waals surface area contributed by atoms with E-state index in [-0.39, 0.29) is 11.9 Å². The maximum absolute atomic E-state index is 12.8. The standard InChI is InChI=1S/C9H11ClFN/c1-6(12)2-7-3-8(10)5-9(11)4-7/h3-6H,2,12H2,1H3. The van der Waals surface area contributed by atoms with Gasteiger partial charge in [0, 0.05) is 11.1 Å². The Balaban J connectivity index is 2.85. The third-order valence-corrected chi connectivity index (χ3v) is 1.70. The van der Waals surface area contributed by atoms with Crippen LogP contribution in [0.25, 0.3) is 0 Å². The summed E-state index contributed by atoms with van der Waals surface area (Å²) < 4.78 is 12.8. The zero-order valence-electron chi connectivity index (χ0n) is 6.85. The third kappa shape index (κ3) is 2.80. The number of hydrogen-bond acceptors (Lipinski definition) is 1. The molecule has 1 atom stereocenters. The largest absolute Gasteiger partial charge is 0.328 e. The molecule has 0 radical (unpaired) electrons. The Labute approximate surface area is 76.3 Å². The molecule has 0 bridgehead atoms. The van der Waals surface area contributed by atoms with Gasteiger partial charge in [0.15, 0.2) is 0 Å². The van der Waals surface area contributed by atoms with Crippen molar-refractivity contribution in [1.82, 2.24) is 0 Å². The fourth-order valence-corrected chi connectivity index (χ4v) is 1.34. The van der Waals surface area contributed by atoms with E-state index in [0.717, 1.165) is 5.56 Å². The van der Waals surface area contributed by atoms with Gasteiger partial charge in [-0.3, -0.25) is 0 Å². The Hall–Kier alpha value is -0.600. The molecule has 12 heavy (non-hydrogen) atoms. The van der Waals surface area contributed by atoms with E-state index in [1.54, 1.807) is 6.07 Å². The van der Waals surface area contributed by atoms with Gasteiger partial charge in [-0.1, -0.05) is 11.6 Å². The van der Waals surface area contributed by atoms with Gasteiger partial charge in [0.05, 0.1) is 0 Å². The molecule has 3 heteroatoms. The molecular weight excluding hydrogens is 177 g/mol. The van der Waals surface area contributed by atoms with Crippen molar-refractivity contribution in [2.24, 2.45) is 5.73 Å². The molecule has 0 aliphatic rings. The van der Waals surface area contributed by atoms with Crippen LogP contribution in [0.3, 0.4) is 0 Å². The van der Waals surface area contributed by atoms with Gasteiger partial charge < -0.3 is 5.73 Å². The highest BCUT2D eigenvalue weighted by atomic mass is 35.5. The topological polar surface area (TPSA) is 26.0 Å². The maximum Gasteiger partial charge on any atom is 0.124 e. The van der Waals surface area contributed by atoms with Crippen molar-refractivity contribution in [2.75, 3.05) is 0 Å². The molecule has 0 aliphatic carbocycles. The Kier molecular flexibility index (Phi) is 3.06. The molecule has 1 nitrogen and oxygen atoms in total. The molecule has 1 aromatic rings. The maximum atomic E-state index is 12.8. The van der Waals surface area contributed by atoms with Crippen LogP contribution in [-0.4, -0.2) is 6.04 Å². The molecule has 0 amide bonds. The zero-order valence-corrected chi connectivity index (χ0v) is 7.61. The van der Waals surface area contributed by atoms with Crippen molar-refractivity contribution in [1.29, 1.82) is 0 Å². The molecule has 0 spiro atoms. The molecule has 1 aromatic carbocycles. The summed E-state index contributed by atoms with van der Waals surface area (Å²) in [6, 6.07) is 4.50. The number of halogens is 2. The first-order valence-corrected chi connectivity index (χ1v) is 4.16. The van der Waals surface area contributed by atoms with E-state index in [9.17, 15) is 4.39 Å². The van der Waals surface area contributed by atoms with Gasteiger partial charge in [0.1, 0.15) is 5.82 Å². The van der Waals surface area contributed by atoms with Crippen LogP contribution in [0.1, 0.15) is 12.5 Å². The number of nitrogens with two attached hydrogens (primary N) is 1. The van der Waals surface area contributed by atoms with Gasteiger partial charge >= 0.3 is 0 Å². The smallest absolute Gasteiger partial charge is 0.124 e. The van der Waals surface area contributed by atoms with Crippen LogP contribution in [0.15, 0.2) is 18.2 Å². The van der Waals surface area contributed by atoms with E-state index < -0.39 is 0 Å². The molecule has 0 saturated carbocycles. The third-order valence-electron chi connectivity index (χ3n) is 1.48. The highest BCUT2D eigenvalue weighted by Gasteiger charge is 2.01. The minimum Gasteiger partial charge on any atom is -0.328 e. The van der Waals surface area contributed by atoms with Crippen molar-refractivity contribution in [3.05, 3.63) is 34.6 Å². The summed E-state index contributed by atoms with van der Waals surface area (Å²) in [5, 5.41) is 0.422. The summed E-state index contributed by atoms with van der Waals surface area (Å²) in [5.41, 5.74) is 6.40. The van der Waals surface area contributed by atoms with Crippen molar-refractivity contribution in [3.8, 4) is 0 Å². The average Bonchev–Trinajstić information content (AvgIpc) is 1.81. The first-order chi connectivity index (χ1) is 5.58. The van der Waals surface area contributed by atoms with E-state index in [1.807, 2.05) is 6.92 Å². The Morgan fingerprint density at radius 2 is 2.17 bits per heavy atom. The summed E-state index contributed by atoms with van der Waals surface area (Å²) in [6.07, 6.45) is 0.650. The molecule has 0 heterocycles. The highest BCUT2D eigenvalue weighted by Crippen LogP contribution is 2.14. The molecule has 66 valence electrons. The predicted octanol–water partition coefficient (Wildman–Crippen LogP) is 2.37. The second-order valence-corrected chi connectivity index (χ2v) is 3.40. The molecule has 1 unspecified atom stereocenters. The Morgan fingerprint density at radius 1 is 1.50 bits per heavy atom. The van der Waals surface area contributed by atoms with Crippen LogP contribution in [0.5, 0.6) is 0 Å². The first-order valence-electron chi connectivity index (χ1n) is 3.78. The molecular formula is C9H11ClFN. The lowest BCUT2D eigenvalue weighted by Gasteiger charge is -2.05. The van der Waals surface area contributed by atoms with Crippen molar-refractivity contribution >= 4 is 11.6 Å². The van der Waals surface area contributed by atoms with Gasteiger partial charge in [-0.2, -0.15) is 0 Å². The van der Waals surface area contributed by atoms with Crippen LogP contribution in [0.2, 0.25) is 5.02 Å². The van der Waals surface area contributed by atoms with E-state index in [4.69, 9.17) is 17.3 Å². The van der Waals surface area contributed by atoms with E-state index in [1.165, 1.54) is 12.1 Å². The molecule has 1 rings (SSSR count). The fraction of sp³-hybridized carbons (Fsp3) is 0.333. The zero-order chi connectivity index (χ0) is 9.14. The van der Waals surface area contributed by atoms with Crippen molar-refractivity contribution < 1.29 is 4.39 Å². The minimum absolute atomic E-state index is 0.0304. The normalized spacial score (nSPS) is 13.0. The highest BCUT2D eigenvalue weighted by molar-refractivity contribution is 6.30. The quantitative estimate of drug-likeness (QED) is 0.756. The summed E-state index contributed by atoms with van der Waals surface area (Å²) in [6.45, 7) is 1.87. The van der Waals surface area contributed by atoms with Crippen molar-refractivity contribution in [2.45, 2.75) is 19.4 Å². The molecule has 0 aliphatic heterocycles. The lowest BCUT2D eigenvalue weighted by atomic mass is 10.1. The van der Waals surface area contributed by atoms with E-state index in [0.29, 0.717) is 11.4 Å². The summed E-state index contributed by atoms with van der Waals surface area (Å²) in [4.78, 5) is 0. The molecule has 2 N–H and O–H groups in total. The first kappa shape index (κ1) is 9.49. The lowest BCUT2D eigenvalue weighted by molar-refractivity contribution is 0.623. The van der Waals surface area contributed by atoms with Crippen LogP contribution in [0, 0.1) is 5.82 Å². The minimum atomic E-state index is -0.307. The SMILES string of the molecule is CC(N)Cc1cc(F)cc(Cl)c1. The number of hydrogen-bond donors (Lipinski definition) is 1. The van der Waals surface area contributed by atoms with Crippen LogP contribution in [0.4, 0.5) is 4.39 Å². The van der Waals surface area contributed by atoms with Gasteiger partial charge in [0.2, 0.25) is 0 Å². The van der Waals surface area contributed by atoms with E-state index in [2.05, 4.69) is 0 Å². The fourth-order valence-electron chi connectivity index (χ4n) is 1.10. The number of benzene rings is 1. The van der Waals surface area contributed by atoms with E-state index >= 15 is 0 Å². The van der Waals surface area contributed by atoms with Gasteiger partial charge in [-0.05, 0) is 37.1 Å². The monoisotopic (exact) mass is 187 g/mol. The summed E-state index contributed by atoms with van der Waals surface area (Å²) in [7, 11) is 0. The van der Waals surface area contributed by atoms with Crippen LogP contribution >= 0.6 is 11.6 Å². The molecule has 0 saturated heterocycles. The second-order valence-electron chi connectivity index (χ2n) is 2.96. The average molecular weight is 188 g/mol. The number of rotatable bonds is 2. The molecule has 0 aromatic heterocycles. The van der Waals surface area contributed by atoms with Crippen LogP contribution in [-0.2, 0) is 6.42 Å². The van der Waals surface area contributed by atoms with Gasteiger partial charge in [-0.25, -0.2) is 4.39 Å². The lowest BCUT2D eigenvalue weighted by Crippen LogP contribution is -2.17. The van der Waals surface area contributed by atoms with Gasteiger partial charge in [0.25, 0.3) is 0 Å². The second kappa shape index (κ2) is 3.87. The van der Waals surface area contributed by atoms with Crippen molar-refractivity contribution in [3.63, 3.8) is 0 Å². The van der Waals surface area contributed by atoms with Gasteiger partial charge in [-0.15, -0.1) is 0 Å². The summed E-state index contributed by atoms with van der Waals surface area (Å²) in [5.74, 6) is -0.307. The Bertz CT molecular complexity index is 253.